The molecule has 0 unspecified atom stereocenters. The van der Waals surface area contributed by atoms with Crippen molar-refractivity contribution in [2.75, 3.05) is 16.8 Å². The fourth-order valence-corrected chi connectivity index (χ4v) is 5.71. The number of aliphatic hydroxyl groups is 3. The zero-order valence-electron chi connectivity index (χ0n) is 20.6. The second-order valence-corrected chi connectivity index (χ2v) is 10.1. The Morgan fingerprint density at radius 2 is 1.86 bits per heavy atom. The summed E-state index contributed by atoms with van der Waals surface area (Å²) in [6, 6.07) is 14.7. The summed E-state index contributed by atoms with van der Waals surface area (Å²) in [5, 5.41) is 32.6. The lowest BCUT2D eigenvalue weighted by Gasteiger charge is -2.34. The third-order valence-corrected chi connectivity index (χ3v) is 7.25. The van der Waals surface area contributed by atoms with Gasteiger partial charge in [-0.25, -0.2) is 0 Å². The highest BCUT2D eigenvalue weighted by molar-refractivity contribution is 6.07. The zero-order chi connectivity index (χ0) is 25.5. The van der Waals surface area contributed by atoms with E-state index in [1.807, 2.05) is 43.3 Å². The second kappa shape index (κ2) is 9.35. The average Bonchev–Trinajstić information content (AvgIpc) is 3.22. The Kier molecular flexibility index (Phi) is 6.76. The summed E-state index contributed by atoms with van der Waals surface area (Å²) in [5.41, 5.74) is 0.598. The number of hydrogen-bond acceptors (Lipinski definition) is 6. The molecule has 2 aliphatic heterocycles. The van der Waals surface area contributed by atoms with Gasteiger partial charge in [-0.1, -0.05) is 37.3 Å². The van der Waals surface area contributed by atoms with Crippen LogP contribution in [0.3, 0.4) is 0 Å². The molecule has 1 spiro atoms. The van der Waals surface area contributed by atoms with Crippen molar-refractivity contribution in [3.63, 3.8) is 0 Å². The maximum absolute atomic E-state index is 14.1. The predicted molar refractivity (Wildman–Crippen MR) is 132 cm³/mol. The van der Waals surface area contributed by atoms with Crippen LogP contribution in [-0.2, 0) is 26.5 Å². The van der Waals surface area contributed by atoms with Gasteiger partial charge in [0.2, 0.25) is 0 Å². The summed E-state index contributed by atoms with van der Waals surface area (Å²) < 4.78 is 6.51. The number of aliphatic hydroxyl groups excluding tert-OH is 2. The molecular weight excluding hydrogens is 448 g/mol. The summed E-state index contributed by atoms with van der Waals surface area (Å²) >= 11 is 0. The largest absolute Gasteiger partial charge is 0.396 e. The summed E-state index contributed by atoms with van der Waals surface area (Å²) in [6.07, 6.45) is -1.25. The summed E-state index contributed by atoms with van der Waals surface area (Å²) in [4.78, 5) is 27.5. The van der Waals surface area contributed by atoms with Gasteiger partial charge in [-0.05, 0) is 51.0 Å². The van der Waals surface area contributed by atoms with Gasteiger partial charge >= 0.3 is 0 Å². The molecule has 188 valence electrons. The minimum Gasteiger partial charge on any atom is -0.396 e. The maximum Gasteiger partial charge on any atom is 0.264 e. The Hall–Kier alpha value is -2.78. The van der Waals surface area contributed by atoms with Gasteiger partial charge in [0, 0.05) is 29.7 Å². The highest BCUT2D eigenvalue weighted by atomic mass is 16.5. The lowest BCUT2D eigenvalue weighted by atomic mass is 9.71. The number of hydrogen-bond donors (Lipinski definition) is 4. The van der Waals surface area contributed by atoms with Crippen LogP contribution in [0.1, 0.15) is 45.2 Å². The van der Waals surface area contributed by atoms with Crippen molar-refractivity contribution < 1.29 is 29.6 Å². The Bertz CT molecular complexity index is 1090. The molecule has 35 heavy (non-hydrogen) atoms. The first kappa shape index (κ1) is 25.3. The number of amides is 2. The van der Waals surface area contributed by atoms with Crippen molar-refractivity contribution in [1.82, 2.24) is 0 Å². The molecule has 2 amide bonds. The number of fused-ring (bicyclic) bond motifs is 2. The molecule has 4 rings (SSSR count). The highest BCUT2D eigenvalue weighted by Crippen LogP contribution is 2.57. The number of nitrogens with one attached hydrogen (secondary N) is 1. The standard InChI is InChI=1S/C27H34N2O6/c1-16-23(26(3,4)34)22(13-14-30)35-27(16)20-7-5-6-8-21(20)29(25(27)33)15-18-9-11-19(12-10-18)28-24(32)17(2)31/h5-12,16-17,22-23,30-31,34H,13-15H2,1-4H3,(H,28,32)/t16-,17+,22+,23-,27+/m1/s1. The van der Waals surface area contributed by atoms with Gasteiger partial charge in [0.25, 0.3) is 11.8 Å². The van der Waals surface area contributed by atoms with Crippen molar-refractivity contribution in [1.29, 1.82) is 0 Å². The van der Waals surface area contributed by atoms with E-state index in [1.54, 1.807) is 30.9 Å². The molecule has 8 nitrogen and oxygen atoms in total. The summed E-state index contributed by atoms with van der Waals surface area (Å²) in [5.74, 6) is -1.35. The van der Waals surface area contributed by atoms with Crippen molar-refractivity contribution in [2.45, 2.75) is 64.1 Å². The number of anilines is 2. The summed E-state index contributed by atoms with van der Waals surface area (Å²) in [6.45, 7) is 6.99. The SMILES string of the molecule is C[C@H](O)C(=O)Nc1ccc(CN2C(=O)[C@@]3(O[C@@H](CCO)[C@H](C(C)(C)O)[C@H]3C)c3ccccc32)cc1. The molecule has 0 aromatic heterocycles. The minimum absolute atomic E-state index is 0.0997. The van der Waals surface area contributed by atoms with E-state index >= 15 is 0 Å². The van der Waals surface area contributed by atoms with Crippen LogP contribution in [-0.4, -0.2) is 51.5 Å². The lowest BCUT2D eigenvalue weighted by molar-refractivity contribution is -0.146. The smallest absolute Gasteiger partial charge is 0.264 e. The number of nitrogens with zero attached hydrogens (tertiary/aromatic N) is 1. The predicted octanol–water partition coefficient (Wildman–Crippen LogP) is 2.55. The third-order valence-electron chi connectivity index (χ3n) is 7.25. The number of carbonyl (C=O) groups excluding carboxylic acids is 2. The van der Waals surface area contributed by atoms with E-state index in [-0.39, 0.29) is 24.3 Å². The van der Waals surface area contributed by atoms with Crippen molar-refractivity contribution in [2.24, 2.45) is 11.8 Å². The molecule has 2 aromatic rings. The molecular formula is C27H34N2O6. The second-order valence-electron chi connectivity index (χ2n) is 10.1. The van der Waals surface area contributed by atoms with Crippen LogP contribution in [0.25, 0.3) is 0 Å². The van der Waals surface area contributed by atoms with Gasteiger partial charge in [-0.2, -0.15) is 0 Å². The van der Waals surface area contributed by atoms with E-state index in [1.165, 1.54) is 6.92 Å². The molecule has 1 saturated heterocycles. The topological polar surface area (TPSA) is 119 Å². The number of para-hydroxylation sites is 1. The molecule has 2 heterocycles. The van der Waals surface area contributed by atoms with E-state index in [4.69, 9.17) is 4.74 Å². The molecule has 2 aromatic carbocycles. The molecule has 4 N–H and O–H groups in total. The Balaban J connectivity index is 1.66. The molecule has 1 fully saturated rings. The average molecular weight is 483 g/mol. The molecule has 0 saturated carbocycles. The van der Waals surface area contributed by atoms with Crippen molar-refractivity contribution in [3.8, 4) is 0 Å². The van der Waals surface area contributed by atoms with E-state index in [0.29, 0.717) is 18.7 Å². The van der Waals surface area contributed by atoms with Gasteiger partial charge in [0.05, 0.1) is 23.9 Å². The van der Waals surface area contributed by atoms with E-state index in [9.17, 15) is 24.9 Å². The monoisotopic (exact) mass is 482 g/mol. The Labute approximate surface area is 205 Å². The van der Waals surface area contributed by atoms with Crippen LogP contribution in [0.4, 0.5) is 11.4 Å². The van der Waals surface area contributed by atoms with E-state index in [2.05, 4.69) is 5.32 Å². The van der Waals surface area contributed by atoms with Gasteiger partial charge in [-0.15, -0.1) is 0 Å². The van der Waals surface area contributed by atoms with E-state index in [0.717, 1.165) is 16.8 Å². The summed E-state index contributed by atoms with van der Waals surface area (Å²) in [7, 11) is 0. The Morgan fingerprint density at radius 1 is 1.20 bits per heavy atom. The van der Waals surface area contributed by atoms with Crippen LogP contribution < -0.4 is 10.2 Å². The quantitative estimate of drug-likeness (QED) is 0.482. The minimum atomic E-state index is -1.24. The normalized spacial score (nSPS) is 26.8. The van der Waals surface area contributed by atoms with Crippen molar-refractivity contribution in [3.05, 3.63) is 59.7 Å². The van der Waals surface area contributed by atoms with Gasteiger partial charge in [0.1, 0.15) is 6.10 Å². The fourth-order valence-electron chi connectivity index (χ4n) is 5.71. The van der Waals surface area contributed by atoms with Gasteiger partial charge < -0.3 is 30.3 Å². The molecule has 2 aliphatic rings. The Morgan fingerprint density at radius 3 is 2.46 bits per heavy atom. The number of ether oxygens (including phenoxy) is 1. The first-order valence-electron chi connectivity index (χ1n) is 12.0. The lowest BCUT2D eigenvalue weighted by Crippen LogP contribution is -2.46. The van der Waals surface area contributed by atoms with E-state index < -0.39 is 29.3 Å². The molecule has 0 aliphatic carbocycles. The first-order chi connectivity index (χ1) is 16.5. The highest BCUT2D eigenvalue weighted by Gasteiger charge is 2.65. The number of carbonyl (C=O) groups is 2. The third kappa shape index (κ3) is 4.36. The molecule has 0 radical (unpaired) electrons. The van der Waals surface area contributed by atoms with Crippen molar-refractivity contribution >= 4 is 23.2 Å². The number of rotatable bonds is 7. The van der Waals surface area contributed by atoms with Crippen LogP contribution in [0.2, 0.25) is 0 Å². The zero-order valence-corrected chi connectivity index (χ0v) is 20.6. The first-order valence-corrected chi connectivity index (χ1v) is 12.0. The van der Waals surface area contributed by atoms with Crippen LogP contribution in [0, 0.1) is 11.8 Å². The van der Waals surface area contributed by atoms with Crippen LogP contribution >= 0.6 is 0 Å². The maximum atomic E-state index is 14.1. The van der Waals surface area contributed by atoms with Gasteiger partial charge in [-0.3, -0.25) is 9.59 Å². The molecule has 5 atom stereocenters. The fraction of sp³-hybridized carbons (Fsp3) is 0.481. The molecule has 0 bridgehead atoms. The van der Waals surface area contributed by atoms with Crippen LogP contribution in [0.15, 0.2) is 48.5 Å². The molecule has 8 heteroatoms. The van der Waals surface area contributed by atoms with Crippen LogP contribution in [0.5, 0.6) is 0 Å². The van der Waals surface area contributed by atoms with Gasteiger partial charge in [0.15, 0.2) is 5.60 Å². The number of benzene rings is 2.